The zero-order valence-electron chi connectivity index (χ0n) is 14.4. The number of rotatable bonds is 2. The van der Waals surface area contributed by atoms with Gasteiger partial charge in [0.25, 0.3) is 0 Å². The third-order valence-corrected chi connectivity index (χ3v) is 6.34. The van der Waals surface area contributed by atoms with E-state index in [-0.39, 0.29) is 56.0 Å². The molecule has 0 unspecified atom stereocenters. The molecule has 2 aromatic carbocycles. The molecule has 0 aliphatic rings. The highest BCUT2D eigenvalue weighted by atomic mass is 127. The van der Waals surface area contributed by atoms with Crippen molar-refractivity contribution in [3.8, 4) is 0 Å². The van der Waals surface area contributed by atoms with E-state index < -0.39 is 0 Å². The molecule has 0 bridgehead atoms. The molecule has 120 valence electrons. The van der Waals surface area contributed by atoms with Gasteiger partial charge in [0.1, 0.15) is 0 Å². The normalized spacial score (nSPS) is 11.9. The van der Waals surface area contributed by atoms with Crippen LogP contribution in [-0.2, 0) is 10.8 Å². The summed E-state index contributed by atoms with van der Waals surface area (Å²) in [5.41, 5.74) is 3.45. The molecule has 0 saturated heterocycles. The second-order valence-electron chi connectivity index (χ2n) is 7.55. The average Bonchev–Trinajstić information content (AvgIpc) is 2.37. The first-order valence-corrected chi connectivity index (χ1v) is 9.69. The molecule has 0 aliphatic heterocycles. The Kier molecular flexibility index (Phi) is 6.93. The molecular formula is C20H26I2. The van der Waals surface area contributed by atoms with Crippen molar-refractivity contribution >= 4 is 0 Å². The van der Waals surface area contributed by atoms with Crippen LogP contribution in [0.5, 0.6) is 0 Å². The zero-order chi connectivity index (χ0) is 15.7. The Bertz CT molecular complexity index is 602. The monoisotopic (exact) mass is 520 g/mol. The first-order chi connectivity index (χ1) is 9.69. The van der Waals surface area contributed by atoms with Crippen LogP contribution in [0.2, 0.25) is 0 Å². The van der Waals surface area contributed by atoms with Crippen molar-refractivity contribution in [2.45, 2.75) is 52.4 Å². The molecule has 0 spiro atoms. The van der Waals surface area contributed by atoms with Gasteiger partial charge in [-0.05, 0) is 34.6 Å². The summed E-state index contributed by atoms with van der Waals surface area (Å²) in [4.78, 5) is 0. The van der Waals surface area contributed by atoms with Crippen molar-refractivity contribution in [3.63, 3.8) is 0 Å². The van der Waals surface area contributed by atoms with Gasteiger partial charge in [-0.3, -0.25) is 0 Å². The maximum Gasteiger partial charge on any atom is 0.358 e. The SMILES string of the molecule is CC(C)(C)c1cccc([I+]c2ccccc2)c1C(C)(C)C.[I-]. The Hall–Kier alpha value is -0.100. The zero-order valence-corrected chi connectivity index (χ0v) is 18.7. The maximum atomic E-state index is 2.34. The smallest absolute Gasteiger partial charge is 0.358 e. The number of benzene rings is 2. The lowest BCUT2D eigenvalue weighted by Crippen LogP contribution is -3.61. The van der Waals surface area contributed by atoms with Crippen molar-refractivity contribution in [3.05, 3.63) is 66.8 Å². The molecule has 0 N–H and O–H groups in total. The summed E-state index contributed by atoms with van der Waals surface area (Å²) in [5.74, 6) is 0. The van der Waals surface area contributed by atoms with Crippen LogP contribution >= 0.6 is 0 Å². The van der Waals surface area contributed by atoms with Gasteiger partial charge in [0.2, 0.25) is 0 Å². The van der Waals surface area contributed by atoms with E-state index in [4.69, 9.17) is 0 Å². The van der Waals surface area contributed by atoms with E-state index in [1.54, 1.807) is 9.13 Å². The Balaban J connectivity index is 0.00000242. The molecule has 2 heteroatoms. The van der Waals surface area contributed by atoms with Crippen molar-refractivity contribution in [2.75, 3.05) is 0 Å². The Labute approximate surface area is 163 Å². The predicted octanol–water partition coefficient (Wildman–Crippen LogP) is -0.586. The largest absolute Gasteiger partial charge is 1.00 e. The molecule has 2 aromatic rings. The average molecular weight is 520 g/mol. The number of hydrogen-bond donors (Lipinski definition) is 0. The summed E-state index contributed by atoms with van der Waals surface area (Å²) in [7, 11) is 0. The van der Waals surface area contributed by atoms with E-state index in [1.165, 1.54) is 9.13 Å². The molecule has 0 radical (unpaired) electrons. The fourth-order valence-electron chi connectivity index (χ4n) is 2.59. The first kappa shape index (κ1) is 19.9. The molecule has 0 heterocycles. The molecule has 0 saturated carbocycles. The van der Waals surface area contributed by atoms with Crippen LogP contribution in [0.25, 0.3) is 0 Å². The van der Waals surface area contributed by atoms with Crippen LogP contribution in [0.1, 0.15) is 52.7 Å². The summed E-state index contributed by atoms with van der Waals surface area (Å²) >= 11 is -0.124. The third kappa shape index (κ3) is 4.95. The van der Waals surface area contributed by atoms with Crippen molar-refractivity contribution < 1.29 is 45.2 Å². The van der Waals surface area contributed by atoms with Crippen molar-refractivity contribution in [1.82, 2.24) is 0 Å². The van der Waals surface area contributed by atoms with Crippen LogP contribution in [0.15, 0.2) is 48.5 Å². The summed E-state index contributed by atoms with van der Waals surface area (Å²) < 4.78 is 3.06. The van der Waals surface area contributed by atoms with E-state index in [1.807, 2.05) is 0 Å². The minimum Gasteiger partial charge on any atom is -1.00 e. The second kappa shape index (κ2) is 7.65. The summed E-state index contributed by atoms with van der Waals surface area (Å²) in [6, 6.07) is 17.8. The van der Waals surface area contributed by atoms with Gasteiger partial charge in [0.15, 0.2) is 7.14 Å². The molecule has 0 nitrogen and oxygen atoms in total. The highest BCUT2D eigenvalue weighted by Gasteiger charge is 2.33. The fourth-order valence-corrected chi connectivity index (χ4v) is 5.79. The highest BCUT2D eigenvalue weighted by molar-refractivity contribution is 5.37. The van der Waals surface area contributed by atoms with Gasteiger partial charge >= 0.3 is 21.2 Å². The molecule has 0 fully saturated rings. The summed E-state index contributed by atoms with van der Waals surface area (Å²) in [6.07, 6.45) is 0. The van der Waals surface area contributed by atoms with E-state index in [2.05, 4.69) is 90.1 Å². The Morgan fingerprint density at radius 1 is 0.682 bits per heavy atom. The lowest BCUT2D eigenvalue weighted by atomic mass is 9.75. The highest BCUT2D eigenvalue weighted by Crippen LogP contribution is 2.33. The second-order valence-corrected chi connectivity index (χ2v) is 10.5. The Morgan fingerprint density at radius 2 is 1.27 bits per heavy atom. The standard InChI is InChI=1S/C20H26I.HI/c1-19(2,3)16-13-10-14-17(18(16)20(4,5)6)21-15-11-8-7-9-12-15;/h7-14H,1-6H3;1H/q+1;/p-1. The van der Waals surface area contributed by atoms with Crippen LogP contribution in [0.4, 0.5) is 0 Å². The molecule has 2 rings (SSSR count). The van der Waals surface area contributed by atoms with Gasteiger partial charge in [-0.2, -0.15) is 0 Å². The molecule has 0 aromatic heterocycles. The molecule has 0 aliphatic carbocycles. The van der Waals surface area contributed by atoms with Crippen LogP contribution in [0, 0.1) is 7.14 Å². The van der Waals surface area contributed by atoms with Gasteiger partial charge in [-0.25, -0.2) is 0 Å². The van der Waals surface area contributed by atoms with Gasteiger partial charge < -0.3 is 24.0 Å². The fraction of sp³-hybridized carbons (Fsp3) is 0.400. The van der Waals surface area contributed by atoms with Crippen LogP contribution in [0.3, 0.4) is 0 Å². The first-order valence-electron chi connectivity index (χ1n) is 7.53. The molecule has 22 heavy (non-hydrogen) atoms. The van der Waals surface area contributed by atoms with Crippen molar-refractivity contribution in [2.24, 2.45) is 0 Å². The van der Waals surface area contributed by atoms with Gasteiger partial charge in [0, 0.05) is 5.56 Å². The van der Waals surface area contributed by atoms with E-state index in [0.717, 1.165) is 0 Å². The van der Waals surface area contributed by atoms with Crippen LogP contribution in [-0.4, -0.2) is 0 Å². The van der Waals surface area contributed by atoms with Crippen LogP contribution < -0.4 is 45.2 Å². The molecule has 0 atom stereocenters. The summed E-state index contributed by atoms with van der Waals surface area (Å²) in [5, 5.41) is 0. The third-order valence-electron chi connectivity index (χ3n) is 3.52. The van der Waals surface area contributed by atoms with E-state index >= 15 is 0 Å². The quantitative estimate of drug-likeness (QED) is 0.466. The lowest BCUT2D eigenvalue weighted by Gasteiger charge is -2.29. The number of hydrogen-bond acceptors (Lipinski definition) is 0. The van der Waals surface area contributed by atoms with E-state index in [9.17, 15) is 0 Å². The lowest BCUT2D eigenvalue weighted by molar-refractivity contribution is -0.598. The van der Waals surface area contributed by atoms with Gasteiger partial charge in [-0.15, -0.1) is 0 Å². The number of halogens is 2. The van der Waals surface area contributed by atoms with Crippen molar-refractivity contribution in [1.29, 1.82) is 0 Å². The Morgan fingerprint density at radius 3 is 1.77 bits per heavy atom. The maximum absolute atomic E-state index is 2.34. The molecule has 0 amide bonds. The minimum absolute atomic E-state index is 0. The van der Waals surface area contributed by atoms with Gasteiger partial charge in [-0.1, -0.05) is 71.9 Å². The molecular weight excluding hydrogens is 494 g/mol. The summed E-state index contributed by atoms with van der Waals surface area (Å²) in [6.45, 7) is 14.0. The van der Waals surface area contributed by atoms with E-state index in [0.29, 0.717) is 0 Å². The minimum atomic E-state index is -0.124. The topological polar surface area (TPSA) is 0 Å². The van der Waals surface area contributed by atoms with Gasteiger partial charge in [0.05, 0.1) is 0 Å². The predicted molar refractivity (Wildman–Crippen MR) is 87.7 cm³/mol.